The Balaban J connectivity index is 3.02. The Morgan fingerprint density at radius 3 is 2.40 bits per heavy atom. The van der Waals surface area contributed by atoms with E-state index < -0.39 is 0 Å². The molecule has 0 bridgehead atoms. The van der Waals surface area contributed by atoms with E-state index in [-0.39, 0.29) is 6.10 Å². The highest BCUT2D eigenvalue weighted by atomic mass is 16.3. The lowest BCUT2D eigenvalue weighted by Crippen LogP contribution is -1.96. The van der Waals surface area contributed by atoms with Crippen molar-refractivity contribution in [2.24, 2.45) is 0 Å². The Morgan fingerprint density at radius 2 is 1.90 bits per heavy atom. The summed E-state index contributed by atoms with van der Waals surface area (Å²) in [6.07, 6.45) is 8.47. The van der Waals surface area contributed by atoms with Gasteiger partial charge in [0.15, 0.2) is 0 Å². The monoisotopic (exact) mass is 142 g/mol. The molecule has 0 aromatic carbocycles. The van der Waals surface area contributed by atoms with Gasteiger partial charge in [-0.2, -0.15) is 0 Å². The van der Waals surface area contributed by atoms with Gasteiger partial charge >= 0.3 is 0 Å². The van der Waals surface area contributed by atoms with Gasteiger partial charge in [0.25, 0.3) is 0 Å². The van der Waals surface area contributed by atoms with Gasteiger partial charge in [-0.15, -0.1) is 0 Å². The highest BCUT2D eigenvalue weighted by molar-refractivity contribution is 4.81. The van der Waals surface area contributed by atoms with Gasteiger partial charge < -0.3 is 5.11 Å². The molecule has 0 unspecified atom stereocenters. The number of rotatable bonds is 5. The van der Waals surface area contributed by atoms with E-state index in [0.717, 1.165) is 12.8 Å². The van der Waals surface area contributed by atoms with Crippen LogP contribution in [0.2, 0.25) is 0 Å². The molecule has 10 heavy (non-hydrogen) atoms. The largest absolute Gasteiger partial charge is 0.393 e. The van der Waals surface area contributed by atoms with Gasteiger partial charge in [-0.1, -0.05) is 25.5 Å². The van der Waals surface area contributed by atoms with Crippen molar-refractivity contribution in [2.45, 2.75) is 45.6 Å². The van der Waals surface area contributed by atoms with Crippen molar-refractivity contribution in [3.05, 3.63) is 12.2 Å². The highest BCUT2D eigenvalue weighted by Crippen LogP contribution is 1.98. The Kier molecular flexibility index (Phi) is 6.61. The summed E-state index contributed by atoms with van der Waals surface area (Å²) in [4.78, 5) is 0. The first kappa shape index (κ1) is 9.70. The summed E-state index contributed by atoms with van der Waals surface area (Å²) in [6.45, 7) is 3.99. The number of hydrogen-bond acceptors (Lipinski definition) is 1. The standard InChI is InChI=1S/C9H18O/c1-3-4-5-6-7-8-9(2)10/h5-6,9-10H,3-4,7-8H2,1-2H3/b6-5+/t9-/m1/s1. The summed E-state index contributed by atoms with van der Waals surface area (Å²) in [5, 5.41) is 8.88. The lowest BCUT2D eigenvalue weighted by Gasteiger charge is -1.97. The molecule has 1 nitrogen and oxygen atoms in total. The quantitative estimate of drug-likeness (QED) is 0.585. The molecular weight excluding hydrogens is 124 g/mol. The second-order valence-electron chi connectivity index (χ2n) is 2.69. The molecule has 0 aliphatic heterocycles. The summed E-state index contributed by atoms with van der Waals surface area (Å²) in [5.74, 6) is 0. The normalized spacial score (nSPS) is 14.3. The fourth-order valence-electron chi connectivity index (χ4n) is 0.740. The predicted octanol–water partition coefficient (Wildman–Crippen LogP) is 2.50. The lowest BCUT2D eigenvalue weighted by atomic mass is 10.2. The zero-order valence-electron chi connectivity index (χ0n) is 7.01. The van der Waals surface area contributed by atoms with Crippen LogP contribution in [0.3, 0.4) is 0 Å². The topological polar surface area (TPSA) is 20.2 Å². The molecule has 0 amide bonds. The predicted molar refractivity (Wildman–Crippen MR) is 45.0 cm³/mol. The Bertz CT molecular complexity index is 84.7. The molecule has 1 atom stereocenters. The molecule has 0 aliphatic rings. The minimum absolute atomic E-state index is 0.147. The summed E-state index contributed by atoms with van der Waals surface area (Å²) >= 11 is 0. The Hall–Kier alpha value is -0.300. The van der Waals surface area contributed by atoms with E-state index in [9.17, 15) is 0 Å². The smallest absolute Gasteiger partial charge is 0.0515 e. The van der Waals surface area contributed by atoms with Crippen LogP contribution >= 0.6 is 0 Å². The van der Waals surface area contributed by atoms with E-state index in [1.54, 1.807) is 0 Å². The van der Waals surface area contributed by atoms with Gasteiger partial charge in [-0.3, -0.25) is 0 Å². The number of aliphatic hydroxyl groups excluding tert-OH is 1. The van der Waals surface area contributed by atoms with Gasteiger partial charge in [0.2, 0.25) is 0 Å². The molecule has 0 fully saturated rings. The van der Waals surface area contributed by atoms with Crippen LogP contribution in [-0.4, -0.2) is 11.2 Å². The van der Waals surface area contributed by atoms with E-state index >= 15 is 0 Å². The molecule has 1 N–H and O–H groups in total. The summed E-state index contributed by atoms with van der Waals surface area (Å²) in [7, 11) is 0. The first-order valence-corrected chi connectivity index (χ1v) is 4.10. The van der Waals surface area contributed by atoms with Crippen molar-refractivity contribution in [1.29, 1.82) is 0 Å². The number of unbranched alkanes of at least 4 members (excludes halogenated alkanes) is 1. The van der Waals surface area contributed by atoms with Crippen LogP contribution in [0.1, 0.15) is 39.5 Å². The van der Waals surface area contributed by atoms with Crippen LogP contribution in [0.4, 0.5) is 0 Å². The van der Waals surface area contributed by atoms with Crippen LogP contribution in [0.25, 0.3) is 0 Å². The number of allylic oxidation sites excluding steroid dienone is 2. The number of aliphatic hydroxyl groups is 1. The van der Waals surface area contributed by atoms with E-state index in [1.165, 1.54) is 12.8 Å². The van der Waals surface area contributed by atoms with Crippen LogP contribution in [0.5, 0.6) is 0 Å². The molecular formula is C9H18O. The van der Waals surface area contributed by atoms with Crippen LogP contribution < -0.4 is 0 Å². The second-order valence-corrected chi connectivity index (χ2v) is 2.69. The SMILES string of the molecule is CCC/C=C/CC[C@@H](C)O. The van der Waals surface area contributed by atoms with Crippen molar-refractivity contribution in [2.75, 3.05) is 0 Å². The summed E-state index contributed by atoms with van der Waals surface area (Å²) in [5.41, 5.74) is 0. The van der Waals surface area contributed by atoms with Gasteiger partial charge in [-0.05, 0) is 26.2 Å². The molecule has 0 aromatic heterocycles. The molecule has 0 saturated heterocycles. The van der Waals surface area contributed by atoms with E-state index in [1.807, 2.05) is 6.92 Å². The molecule has 0 radical (unpaired) electrons. The molecule has 0 heterocycles. The van der Waals surface area contributed by atoms with Gasteiger partial charge in [0, 0.05) is 0 Å². The molecule has 0 saturated carbocycles. The third-order valence-electron chi connectivity index (χ3n) is 1.37. The van der Waals surface area contributed by atoms with E-state index in [4.69, 9.17) is 5.11 Å². The van der Waals surface area contributed by atoms with Crippen molar-refractivity contribution >= 4 is 0 Å². The van der Waals surface area contributed by atoms with Crippen LogP contribution in [0, 0.1) is 0 Å². The Labute approximate surface area is 63.8 Å². The minimum atomic E-state index is -0.147. The minimum Gasteiger partial charge on any atom is -0.393 e. The molecule has 1 heteroatoms. The lowest BCUT2D eigenvalue weighted by molar-refractivity contribution is 0.186. The van der Waals surface area contributed by atoms with E-state index in [2.05, 4.69) is 19.1 Å². The maximum absolute atomic E-state index is 8.88. The van der Waals surface area contributed by atoms with Gasteiger partial charge in [-0.25, -0.2) is 0 Å². The zero-order chi connectivity index (χ0) is 7.82. The van der Waals surface area contributed by atoms with Crippen molar-refractivity contribution in [3.63, 3.8) is 0 Å². The molecule has 0 aliphatic carbocycles. The summed E-state index contributed by atoms with van der Waals surface area (Å²) < 4.78 is 0. The van der Waals surface area contributed by atoms with E-state index in [0.29, 0.717) is 0 Å². The third-order valence-corrected chi connectivity index (χ3v) is 1.37. The average molecular weight is 142 g/mol. The van der Waals surface area contributed by atoms with Crippen LogP contribution in [0.15, 0.2) is 12.2 Å². The number of hydrogen-bond donors (Lipinski definition) is 1. The van der Waals surface area contributed by atoms with Gasteiger partial charge in [0.1, 0.15) is 0 Å². The zero-order valence-corrected chi connectivity index (χ0v) is 7.01. The molecule has 0 spiro atoms. The fourth-order valence-corrected chi connectivity index (χ4v) is 0.740. The first-order chi connectivity index (χ1) is 4.77. The fraction of sp³-hybridized carbons (Fsp3) is 0.778. The van der Waals surface area contributed by atoms with Crippen molar-refractivity contribution in [3.8, 4) is 0 Å². The molecule has 0 rings (SSSR count). The van der Waals surface area contributed by atoms with Crippen molar-refractivity contribution < 1.29 is 5.11 Å². The Morgan fingerprint density at radius 1 is 1.30 bits per heavy atom. The molecule has 0 aromatic rings. The molecule has 60 valence electrons. The van der Waals surface area contributed by atoms with Crippen LogP contribution in [-0.2, 0) is 0 Å². The van der Waals surface area contributed by atoms with Crippen molar-refractivity contribution in [1.82, 2.24) is 0 Å². The highest BCUT2D eigenvalue weighted by Gasteiger charge is 1.90. The summed E-state index contributed by atoms with van der Waals surface area (Å²) in [6, 6.07) is 0. The third kappa shape index (κ3) is 7.70. The average Bonchev–Trinajstić information content (AvgIpc) is 1.87. The first-order valence-electron chi connectivity index (χ1n) is 4.10. The maximum atomic E-state index is 8.88. The second kappa shape index (κ2) is 6.81. The van der Waals surface area contributed by atoms with Gasteiger partial charge in [0.05, 0.1) is 6.10 Å². The maximum Gasteiger partial charge on any atom is 0.0515 e.